The molecule has 1 rings (SSSR count). The summed E-state index contributed by atoms with van der Waals surface area (Å²) in [5, 5.41) is 0. The number of ether oxygens (including phenoxy) is 1. The third-order valence-corrected chi connectivity index (χ3v) is 3.49. The van der Waals surface area contributed by atoms with Crippen LogP contribution in [0.5, 0.6) is 0 Å². The van der Waals surface area contributed by atoms with Gasteiger partial charge >= 0.3 is 5.97 Å². The molecular formula is C14H25N2O2+. The normalized spacial score (nSPS) is 23.0. The van der Waals surface area contributed by atoms with Crippen molar-refractivity contribution < 1.29 is 14.4 Å². The van der Waals surface area contributed by atoms with Crippen molar-refractivity contribution in [2.45, 2.75) is 20.8 Å². The van der Waals surface area contributed by atoms with Crippen LogP contribution in [-0.4, -0.2) is 32.2 Å². The highest BCUT2D eigenvalue weighted by molar-refractivity contribution is 5.75. The van der Waals surface area contributed by atoms with Crippen LogP contribution in [0.2, 0.25) is 0 Å². The molecule has 0 aromatic heterocycles. The predicted molar refractivity (Wildman–Crippen MR) is 71.9 cm³/mol. The molecule has 1 aliphatic carbocycles. The lowest BCUT2D eigenvalue weighted by Gasteiger charge is -2.21. The first-order valence-corrected chi connectivity index (χ1v) is 6.74. The summed E-state index contributed by atoms with van der Waals surface area (Å²) in [4.78, 5) is 13.4. The number of carbonyl (C=O) groups excluding carboxylic acids is 1. The standard InChI is InChI=1S/C14H24N2O2/c1-4-16(5-2)8-9-18-14(17)13-7-6-12(15)10-11(13)3/h6-7,10-11,13H,4-5,8-9,15H2,1-3H3/p+1. The second-order valence-electron chi connectivity index (χ2n) is 4.79. The molecule has 0 aromatic carbocycles. The summed E-state index contributed by atoms with van der Waals surface area (Å²) in [7, 11) is 0. The summed E-state index contributed by atoms with van der Waals surface area (Å²) in [5.41, 5.74) is 6.40. The highest BCUT2D eigenvalue weighted by atomic mass is 16.5. The maximum Gasteiger partial charge on any atom is 0.313 e. The van der Waals surface area contributed by atoms with E-state index >= 15 is 0 Å². The van der Waals surface area contributed by atoms with E-state index in [9.17, 15) is 4.79 Å². The number of rotatable bonds is 6. The van der Waals surface area contributed by atoms with E-state index in [0.29, 0.717) is 6.61 Å². The lowest BCUT2D eigenvalue weighted by molar-refractivity contribution is -0.896. The lowest BCUT2D eigenvalue weighted by atomic mass is 9.89. The van der Waals surface area contributed by atoms with Gasteiger partial charge in [-0.25, -0.2) is 0 Å². The molecule has 0 saturated heterocycles. The number of quaternary nitrogens is 1. The van der Waals surface area contributed by atoms with E-state index in [1.807, 2.05) is 19.1 Å². The van der Waals surface area contributed by atoms with E-state index in [2.05, 4.69) is 13.8 Å². The van der Waals surface area contributed by atoms with Crippen molar-refractivity contribution in [3.63, 3.8) is 0 Å². The number of hydrogen-bond acceptors (Lipinski definition) is 3. The smallest absolute Gasteiger partial charge is 0.313 e. The van der Waals surface area contributed by atoms with Gasteiger partial charge in [0.05, 0.1) is 19.0 Å². The first-order chi connectivity index (χ1) is 8.58. The third-order valence-electron chi connectivity index (χ3n) is 3.49. The average Bonchev–Trinajstić information content (AvgIpc) is 2.34. The first kappa shape index (κ1) is 14.8. The highest BCUT2D eigenvalue weighted by Gasteiger charge is 2.25. The molecule has 0 fully saturated rings. The van der Waals surface area contributed by atoms with Crippen LogP contribution in [0.4, 0.5) is 0 Å². The summed E-state index contributed by atoms with van der Waals surface area (Å²) in [6.45, 7) is 9.76. The summed E-state index contributed by atoms with van der Waals surface area (Å²) in [5.74, 6) is -0.221. The molecule has 2 unspecified atom stereocenters. The zero-order chi connectivity index (χ0) is 13.5. The van der Waals surface area contributed by atoms with Gasteiger partial charge in [0.25, 0.3) is 0 Å². The first-order valence-electron chi connectivity index (χ1n) is 6.74. The number of allylic oxidation sites excluding steroid dienone is 2. The van der Waals surface area contributed by atoms with Gasteiger partial charge in [0.2, 0.25) is 0 Å². The fraction of sp³-hybridized carbons (Fsp3) is 0.643. The minimum atomic E-state index is -0.191. The summed E-state index contributed by atoms with van der Waals surface area (Å²) in [6, 6.07) is 0. The van der Waals surface area contributed by atoms with Crippen molar-refractivity contribution in [2.75, 3.05) is 26.2 Å². The molecule has 102 valence electrons. The van der Waals surface area contributed by atoms with E-state index in [1.165, 1.54) is 4.90 Å². The van der Waals surface area contributed by atoms with Crippen molar-refractivity contribution in [1.29, 1.82) is 0 Å². The minimum absolute atomic E-state index is 0.114. The topological polar surface area (TPSA) is 56.8 Å². The van der Waals surface area contributed by atoms with Gasteiger partial charge in [-0.3, -0.25) is 4.79 Å². The van der Waals surface area contributed by atoms with Gasteiger partial charge in [-0.2, -0.15) is 0 Å². The van der Waals surface area contributed by atoms with Crippen molar-refractivity contribution in [1.82, 2.24) is 0 Å². The molecule has 4 nitrogen and oxygen atoms in total. The summed E-state index contributed by atoms with van der Waals surface area (Å²) in [6.07, 6.45) is 5.52. The predicted octanol–water partition coefficient (Wildman–Crippen LogP) is 0.119. The SMILES string of the molecule is CC[NH+](CC)CCOC(=O)C1C=CC(N)=CC1C. The van der Waals surface area contributed by atoms with Crippen molar-refractivity contribution >= 4 is 5.97 Å². The number of carbonyl (C=O) groups is 1. The molecule has 0 spiro atoms. The Kier molecular flexibility index (Phi) is 5.92. The maximum absolute atomic E-state index is 11.9. The van der Waals surface area contributed by atoms with Crippen molar-refractivity contribution in [2.24, 2.45) is 17.6 Å². The molecule has 4 heteroatoms. The van der Waals surface area contributed by atoms with Gasteiger partial charge in [0.1, 0.15) is 13.2 Å². The van der Waals surface area contributed by atoms with E-state index in [-0.39, 0.29) is 17.8 Å². The fourth-order valence-corrected chi connectivity index (χ4v) is 2.14. The van der Waals surface area contributed by atoms with E-state index < -0.39 is 0 Å². The van der Waals surface area contributed by atoms with Crippen LogP contribution in [0.15, 0.2) is 23.9 Å². The second kappa shape index (κ2) is 7.21. The Labute approximate surface area is 109 Å². The largest absolute Gasteiger partial charge is 0.459 e. The van der Waals surface area contributed by atoms with E-state index in [0.717, 1.165) is 25.3 Å². The molecule has 0 heterocycles. The summed E-state index contributed by atoms with van der Waals surface area (Å²) >= 11 is 0. The summed E-state index contributed by atoms with van der Waals surface area (Å²) < 4.78 is 5.34. The van der Waals surface area contributed by atoms with Crippen molar-refractivity contribution in [3.8, 4) is 0 Å². The van der Waals surface area contributed by atoms with Crippen LogP contribution in [0.1, 0.15) is 20.8 Å². The van der Waals surface area contributed by atoms with Gasteiger partial charge < -0.3 is 15.4 Å². The Morgan fingerprint density at radius 2 is 2.11 bits per heavy atom. The Morgan fingerprint density at radius 3 is 2.67 bits per heavy atom. The zero-order valence-electron chi connectivity index (χ0n) is 11.6. The lowest BCUT2D eigenvalue weighted by Crippen LogP contribution is -3.11. The van der Waals surface area contributed by atoms with E-state index in [4.69, 9.17) is 10.5 Å². The molecule has 2 atom stereocenters. The quantitative estimate of drug-likeness (QED) is 0.661. The molecule has 0 bridgehead atoms. The molecule has 3 N–H and O–H groups in total. The fourth-order valence-electron chi connectivity index (χ4n) is 2.14. The molecule has 0 saturated carbocycles. The zero-order valence-corrected chi connectivity index (χ0v) is 11.6. The number of nitrogens with one attached hydrogen (secondary N) is 1. The second-order valence-corrected chi connectivity index (χ2v) is 4.79. The Bertz CT molecular complexity index is 333. The van der Waals surface area contributed by atoms with Crippen LogP contribution >= 0.6 is 0 Å². The third kappa shape index (κ3) is 4.18. The van der Waals surface area contributed by atoms with Crippen LogP contribution in [-0.2, 0) is 9.53 Å². The molecule has 0 aromatic rings. The highest BCUT2D eigenvalue weighted by Crippen LogP contribution is 2.21. The number of likely N-dealkylation sites (N-methyl/N-ethyl adjacent to an activating group) is 1. The maximum atomic E-state index is 11.9. The van der Waals surface area contributed by atoms with Gasteiger partial charge in [0, 0.05) is 5.70 Å². The van der Waals surface area contributed by atoms with Crippen LogP contribution in [0, 0.1) is 11.8 Å². The number of nitrogens with two attached hydrogens (primary N) is 1. The minimum Gasteiger partial charge on any atom is -0.459 e. The van der Waals surface area contributed by atoms with Crippen LogP contribution in [0.25, 0.3) is 0 Å². The molecule has 0 amide bonds. The molecule has 18 heavy (non-hydrogen) atoms. The van der Waals surface area contributed by atoms with Crippen LogP contribution in [0.3, 0.4) is 0 Å². The molecule has 1 aliphatic rings. The Hall–Kier alpha value is -1.29. The van der Waals surface area contributed by atoms with Gasteiger partial charge in [-0.1, -0.05) is 19.1 Å². The monoisotopic (exact) mass is 253 g/mol. The van der Waals surface area contributed by atoms with Gasteiger partial charge in [0.15, 0.2) is 0 Å². The van der Waals surface area contributed by atoms with E-state index in [1.54, 1.807) is 6.08 Å². The number of hydrogen-bond donors (Lipinski definition) is 2. The Morgan fingerprint density at radius 1 is 1.44 bits per heavy atom. The average molecular weight is 253 g/mol. The van der Waals surface area contributed by atoms with Gasteiger partial charge in [-0.05, 0) is 25.8 Å². The van der Waals surface area contributed by atoms with Gasteiger partial charge in [-0.15, -0.1) is 0 Å². The van der Waals surface area contributed by atoms with Crippen molar-refractivity contribution in [3.05, 3.63) is 23.9 Å². The Balaban J connectivity index is 2.36. The molecule has 0 radical (unpaired) electrons. The van der Waals surface area contributed by atoms with Crippen LogP contribution < -0.4 is 10.6 Å². The number of esters is 1. The molecule has 0 aliphatic heterocycles. The molecular weight excluding hydrogens is 228 g/mol.